The highest BCUT2D eigenvalue weighted by Gasteiger charge is 2.11. The van der Waals surface area contributed by atoms with Crippen LogP contribution in [0.15, 0.2) is 33.2 Å². The number of rotatable bonds is 1. The van der Waals surface area contributed by atoms with E-state index < -0.39 is 0 Å². The molecule has 0 fully saturated rings. The summed E-state index contributed by atoms with van der Waals surface area (Å²) < 4.78 is 4.00. The van der Waals surface area contributed by atoms with Gasteiger partial charge in [-0.25, -0.2) is 0 Å². The van der Waals surface area contributed by atoms with E-state index in [0.717, 1.165) is 25.9 Å². The Morgan fingerprint density at radius 3 is 2.53 bits per heavy atom. The van der Waals surface area contributed by atoms with Crippen LogP contribution in [0.4, 0.5) is 0 Å². The molecule has 2 aromatic rings. The normalized spacial score (nSPS) is 10.7. The zero-order valence-corrected chi connectivity index (χ0v) is 11.6. The van der Waals surface area contributed by atoms with E-state index in [-0.39, 0.29) is 0 Å². The minimum absolute atomic E-state index is 0.983. The molecular weight excluding hydrogens is 320 g/mol. The standard InChI is InChI=1S/C11H10Br2N2/c1-7-10(13)11(14-15(7)2)8-4-3-5-9(12)6-8/h3-6H,1-2H3. The summed E-state index contributed by atoms with van der Waals surface area (Å²) in [6.07, 6.45) is 0. The predicted octanol–water partition coefficient (Wildman–Crippen LogP) is 3.92. The van der Waals surface area contributed by atoms with E-state index in [9.17, 15) is 0 Å². The van der Waals surface area contributed by atoms with E-state index in [1.165, 1.54) is 0 Å². The smallest absolute Gasteiger partial charge is 0.107 e. The van der Waals surface area contributed by atoms with Crippen molar-refractivity contribution in [3.63, 3.8) is 0 Å². The second kappa shape index (κ2) is 4.10. The molecule has 0 saturated heterocycles. The van der Waals surface area contributed by atoms with Crippen molar-refractivity contribution in [3.05, 3.63) is 38.9 Å². The van der Waals surface area contributed by atoms with Gasteiger partial charge in [0.05, 0.1) is 4.47 Å². The van der Waals surface area contributed by atoms with Crippen molar-refractivity contribution in [2.45, 2.75) is 6.92 Å². The van der Waals surface area contributed by atoms with Crippen LogP contribution in [0.25, 0.3) is 11.3 Å². The van der Waals surface area contributed by atoms with E-state index in [2.05, 4.69) is 49.1 Å². The topological polar surface area (TPSA) is 17.8 Å². The van der Waals surface area contributed by atoms with Crippen molar-refractivity contribution in [3.8, 4) is 11.3 Å². The van der Waals surface area contributed by atoms with Crippen molar-refractivity contribution in [2.75, 3.05) is 0 Å². The van der Waals surface area contributed by atoms with Crippen molar-refractivity contribution in [1.82, 2.24) is 9.78 Å². The van der Waals surface area contributed by atoms with Crippen LogP contribution in [0, 0.1) is 6.92 Å². The maximum atomic E-state index is 4.47. The number of aryl methyl sites for hydroxylation is 1. The Kier molecular flexibility index (Phi) is 2.98. The van der Waals surface area contributed by atoms with Gasteiger partial charge >= 0.3 is 0 Å². The molecule has 4 heteroatoms. The third-order valence-corrected chi connectivity index (χ3v) is 3.80. The molecule has 0 aliphatic rings. The van der Waals surface area contributed by atoms with Crippen molar-refractivity contribution in [1.29, 1.82) is 0 Å². The molecule has 0 amide bonds. The maximum Gasteiger partial charge on any atom is 0.107 e. The maximum absolute atomic E-state index is 4.47. The van der Waals surface area contributed by atoms with Gasteiger partial charge in [0.25, 0.3) is 0 Å². The molecule has 0 spiro atoms. The lowest BCUT2D eigenvalue weighted by Gasteiger charge is -1.98. The number of benzene rings is 1. The molecule has 78 valence electrons. The lowest BCUT2D eigenvalue weighted by molar-refractivity contribution is 0.742. The minimum atomic E-state index is 0.983. The van der Waals surface area contributed by atoms with Gasteiger partial charge in [-0.1, -0.05) is 28.1 Å². The number of halogens is 2. The number of aromatic nitrogens is 2. The molecule has 0 radical (unpaired) electrons. The van der Waals surface area contributed by atoms with Crippen LogP contribution in [0.3, 0.4) is 0 Å². The van der Waals surface area contributed by atoms with Crippen molar-refractivity contribution >= 4 is 31.9 Å². The first-order chi connectivity index (χ1) is 7.09. The fourth-order valence-corrected chi connectivity index (χ4v) is 2.37. The third-order valence-electron chi connectivity index (χ3n) is 2.36. The minimum Gasteiger partial charge on any atom is -0.271 e. The first-order valence-electron chi connectivity index (χ1n) is 4.54. The molecule has 1 aromatic heterocycles. The predicted molar refractivity (Wildman–Crippen MR) is 68.8 cm³/mol. The summed E-state index contributed by atoms with van der Waals surface area (Å²) in [5.41, 5.74) is 3.22. The first kappa shape index (κ1) is 10.9. The van der Waals surface area contributed by atoms with Gasteiger partial charge in [-0.05, 0) is 35.0 Å². The summed E-state index contributed by atoms with van der Waals surface area (Å²) in [5.74, 6) is 0. The van der Waals surface area contributed by atoms with Crippen LogP contribution < -0.4 is 0 Å². The van der Waals surface area contributed by atoms with Gasteiger partial charge < -0.3 is 0 Å². The van der Waals surface area contributed by atoms with Crippen molar-refractivity contribution in [2.24, 2.45) is 7.05 Å². The zero-order valence-electron chi connectivity index (χ0n) is 8.46. The van der Waals surface area contributed by atoms with Crippen molar-refractivity contribution < 1.29 is 0 Å². The first-order valence-corrected chi connectivity index (χ1v) is 6.13. The lowest BCUT2D eigenvalue weighted by Crippen LogP contribution is -1.92. The molecule has 0 unspecified atom stereocenters. The number of hydrogen-bond acceptors (Lipinski definition) is 1. The molecular formula is C11H10Br2N2. The lowest BCUT2D eigenvalue weighted by atomic mass is 10.1. The molecule has 2 nitrogen and oxygen atoms in total. The molecule has 0 atom stereocenters. The molecule has 15 heavy (non-hydrogen) atoms. The molecule has 0 N–H and O–H groups in total. The van der Waals surface area contributed by atoms with Gasteiger partial charge in [-0.3, -0.25) is 4.68 Å². The molecule has 0 saturated carbocycles. The SMILES string of the molecule is Cc1c(Br)c(-c2cccc(Br)c2)nn1C. The van der Waals surface area contributed by atoms with Crippen LogP contribution in [-0.4, -0.2) is 9.78 Å². The summed E-state index contributed by atoms with van der Waals surface area (Å²) in [6.45, 7) is 2.04. The fourth-order valence-electron chi connectivity index (χ4n) is 1.40. The summed E-state index contributed by atoms with van der Waals surface area (Å²) in [7, 11) is 1.95. The van der Waals surface area contributed by atoms with Gasteiger partial charge in [-0.15, -0.1) is 0 Å². The number of nitrogens with zero attached hydrogens (tertiary/aromatic N) is 2. The Balaban J connectivity index is 2.59. The van der Waals surface area contributed by atoms with Gasteiger partial charge in [0, 0.05) is 22.8 Å². The second-order valence-electron chi connectivity index (χ2n) is 3.38. The fraction of sp³-hybridized carbons (Fsp3) is 0.182. The Morgan fingerprint density at radius 2 is 2.00 bits per heavy atom. The van der Waals surface area contributed by atoms with Crippen LogP contribution in [-0.2, 0) is 7.05 Å². The number of hydrogen-bond donors (Lipinski definition) is 0. The third kappa shape index (κ3) is 2.01. The van der Waals surface area contributed by atoms with E-state index in [0.29, 0.717) is 0 Å². The summed E-state index contributed by atoms with van der Waals surface area (Å²) >= 11 is 7.02. The summed E-state index contributed by atoms with van der Waals surface area (Å²) in [4.78, 5) is 0. The second-order valence-corrected chi connectivity index (χ2v) is 5.09. The molecule has 0 aliphatic carbocycles. The van der Waals surface area contributed by atoms with Gasteiger partial charge in [0.2, 0.25) is 0 Å². The molecule has 1 aromatic carbocycles. The van der Waals surface area contributed by atoms with Crippen LogP contribution in [0.5, 0.6) is 0 Å². The molecule has 0 bridgehead atoms. The Labute approximate surface area is 106 Å². The Morgan fingerprint density at radius 1 is 1.27 bits per heavy atom. The van der Waals surface area contributed by atoms with Crippen LogP contribution in [0.1, 0.15) is 5.69 Å². The van der Waals surface area contributed by atoms with E-state index in [1.54, 1.807) is 0 Å². The average molecular weight is 330 g/mol. The molecule has 1 heterocycles. The molecule has 2 rings (SSSR count). The van der Waals surface area contributed by atoms with Gasteiger partial charge in [0.1, 0.15) is 5.69 Å². The van der Waals surface area contributed by atoms with E-state index in [1.807, 2.05) is 30.8 Å². The molecule has 0 aliphatic heterocycles. The summed E-state index contributed by atoms with van der Waals surface area (Å²) in [6, 6.07) is 8.13. The highest BCUT2D eigenvalue weighted by atomic mass is 79.9. The quantitative estimate of drug-likeness (QED) is 0.775. The van der Waals surface area contributed by atoms with Gasteiger partial charge in [0.15, 0.2) is 0 Å². The van der Waals surface area contributed by atoms with E-state index >= 15 is 0 Å². The van der Waals surface area contributed by atoms with E-state index in [4.69, 9.17) is 0 Å². The summed E-state index contributed by atoms with van der Waals surface area (Å²) in [5, 5.41) is 4.47. The monoisotopic (exact) mass is 328 g/mol. The average Bonchev–Trinajstić information content (AvgIpc) is 2.46. The zero-order chi connectivity index (χ0) is 11.0. The van der Waals surface area contributed by atoms with Crippen LogP contribution >= 0.6 is 31.9 Å². The van der Waals surface area contributed by atoms with Crippen LogP contribution in [0.2, 0.25) is 0 Å². The highest BCUT2D eigenvalue weighted by Crippen LogP contribution is 2.30. The largest absolute Gasteiger partial charge is 0.271 e. The Bertz CT molecular complexity index is 503. The highest BCUT2D eigenvalue weighted by molar-refractivity contribution is 9.11. The Hall–Kier alpha value is -0.610. The van der Waals surface area contributed by atoms with Gasteiger partial charge in [-0.2, -0.15) is 5.10 Å².